The Labute approximate surface area is 150 Å². The molecule has 0 aliphatic carbocycles. The summed E-state index contributed by atoms with van der Waals surface area (Å²) in [5.74, 6) is 0.596. The van der Waals surface area contributed by atoms with Gasteiger partial charge in [-0.15, -0.1) is 0 Å². The number of imidazole rings is 1. The van der Waals surface area contributed by atoms with Gasteiger partial charge in [0.2, 0.25) is 0 Å². The zero-order chi connectivity index (χ0) is 18.4. The zero-order valence-corrected chi connectivity index (χ0v) is 15.2. The van der Waals surface area contributed by atoms with Crippen molar-refractivity contribution in [1.29, 1.82) is 0 Å². The Morgan fingerprint density at radius 1 is 1.15 bits per heavy atom. The Kier molecular flexibility index (Phi) is 3.86. The summed E-state index contributed by atoms with van der Waals surface area (Å²) >= 11 is 0. The second-order valence-electron chi connectivity index (χ2n) is 6.79. The molecular weight excluding hydrogens is 330 g/mol. The van der Waals surface area contributed by atoms with Crippen LogP contribution in [0.1, 0.15) is 33.1 Å². The van der Waals surface area contributed by atoms with Gasteiger partial charge in [0.05, 0.1) is 5.69 Å². The molecule has 0 aromatic carbocycles. The first kappa shape index (κ1) is 16.5. The van der Waals surface area contributed by atoms with Crippen molar-refractivity contribution in [2.24, 2.45) is 7.05 Å². The van der Waals surface area contributed by atoms with Crippen molar-refractivity contribution in [2.45, 2.75) is 26.7 Å². The number of carbonyl (C=O) groups is 1. The van der Waals surface area contributed by atoms with Crippen LogP contribution in [0, 0.1) is 13.8 Å². The smallest absolute Gasteiger partial charge is 0.274 e. The van der Waals surface area contributed by atoms with Gasteiger partial charge in [-0.3, -0.25) is 14.2 Å². The van der Waals surface area contributed by atoms with Crippen LogP contribution < -0.4 is 5.56 Å². The SMILES string of the molecule is Cc1cccn2cc(C(=O)N3CCc4nc(C)n(C)c(=O)c4CC3)nc12. The van der Waals surface area contributed by atoms with Gasteiger partial charge in [0, 0.05) is 44.5 Å². The van der Waals surface area contributed by atoms with Crippen molar-refractivity contribution in [3.63, 3.8) is 0 Å². The lowest BCUT2D eigenvalue weighted by atomic mass is 10.1. The number of pyridine rings is 1. The Balaban J connectivity index is 1.63. The van der Waals surface area contributed by atoms with Gasteiger partial charge in [-0.25, -0.2) is 9.97 Å². The van der Waals surface area contributed by atoms with Crippen LogP contribution in [0.25, 0.3) is 5.65 Å². The lowest BCUT2D eigenvalue weighted by molar-refractivity contribution is 0.0757. The molecule has 0 radical (unpaired) electrons. The molecule has 7 heteroatoms. The average molecular weight is 351 g/mol. The first-order valence-corrected chi connectivity index (χ1v) is 8.74. The molecule has 0 saturated heterocycles. The van der Waals surface area contributed by atoms with Gasteiger partial charge in [0.25, 0.3) is 11.5 Å². The molecule has 1 aliphatic rings. The molecule has 3 aromatic heterocycles. The molecule has 3 aromatic rings. The van der Waals surface area contributed by atoms with E-state index in [1.54, 1.807) is 22.7 Å². The highest BCUT2D eigenvalue weighted by Gasteiger charge is 2.24. The Hall–Kier alpha value is -2.96. The molecule has 0 saturated carbocycles. The highest BCUT2D eigenvalue weighted by atomic mass is 16.2. The Bertz CT molecular complexity index is 1080. The maximum atomic E-state index is 12.9. The number of aryl methyl sites for hydroxylation is 2. The van der Waals surface area contributed by atoms with E-state index in [9.17, 15) is 9.59 Å². The number of carbonyl (C=O) groups excluding carboxylic acids is 1. The van der Waals surface area contributed by atoms with E-state index in [1.807, 2.05) is 36.6 Å². The molecule has 0 fully saturated rings. The minimum absolute atomic E-state index is 0.00912. The fourth-order valence-electron chi connectivity index (χ4n) is 3.49. The van der Waals surface area contributed by atoms with Crippen LogP contribution in [0.5, 0.6) is 0 Å². The Morgan fingerprint density at radius 3 is 2.69 bits per heavy atom. The minimum atomic E-state index is -0.102. The highest BCUT2D eigenvalue weighted by molar-refractivity contribution is 5.93. The van der Waals surface area contributed by atoms with Gasteiger partial charge in [-0.05, 0) is 31.9 Å². The molecule has 0 bridgehead atoms. The third kappa shape index (κ3) is 2.60. The number of amides is 1. The number of nitrogens with zero attached hydrogens (tertiary/aromatic N) is 5. The molecule has 1 amide bonds. The molecule has 134 valence electrons. The minimum Gasteiger partial charge on any atom is -0.337 e. The van der Waals surface area contributed by atoms with Gasteiger partial charge in [0.15, 0.2) is 0 Å². The molecule has 26 heavy (non-hydrogen) atoms. The average Bonchev–Trinajstić information content (AvgIpc) is 2.96. The standard InChI is InChI=1S/C19H21N5O2/c1-12-5-4-8-24-11-16(21-17(12)24)19(26)23-9-6-14-15(7-10-23)20-13(2)22(3)18(14)25/h4-5,8,11H,6-7,9-10H2,1-3H3. The monoisotopic (exact) mass is 351 g/mol. The predicted molar refractivity (Wildman–Crippen MR) is 97.5 cm³/mol. The van der Waals surface area contributed by atoms with Crippen LogP contribution in [0.4, 0.5) is 0 Å². The predicted octanol–water partition coefficient (Wildman–Crippen LogP) is 1.29. The molecule has 0 spiro atoms. The van der Waals surface area contributed by atoms with Gasteiger partial charge in [0.1, 0.15) is 17.2 Å². The van der Waals surface area contributed by atoms with E-state index in [2.05, 4.69) is 9.97 Å². The van der Waals surface area contributed by atoms with Crippen molar-refractivity contribution in [3.05, 3.63) is 63.2 Å². The van der Waals surface area contributed by atoms with Crippen LogP contribution in [0.15, 0.2) is 29.3 Å². The summed E-state index contributed by atoms with van der Waals surface area (Å²) in [6.07, 6.45) is 4.77. The third-order valence-corrected chi connectivity index (χ3v) is 5.13. The van der Waals surface area contributed by atoms with Crippen molar-refractivity contribution in [2.75, 3.05) is 13.1 Å². The van der Waals surface area contributed by atoms with E-state index < -0.39 is 0 Å². The largest absolute Gasteiger partial charge is 0.337 e. The van der Waals surface area contributed by atoms with Crippen LogP contribution >= 0.6 is 0 Å². The van der Waals surface area contributed by atoms with Gasteiger partial charge in [-0.1, -0.05) is 6.07 Å². The van der Waals surface area contributed by atoms with Crippen LogP contribution in [0.3, 0.4) is 0 Å². The zero-order valence-electron chi connectivity index (χ0n) is 15.2. The Morgan fingerprint density at radius 2 is 1.92 bits per heavy atom. The lowest BCUT2D eigenvalue weighted by Crippen LogP contribution is -2.33. The fraction of sp³-hybridized carbons (Fsp3) is 0.368. The van der Waals surface area contributed by atoms with Crippen molar-refractivity contribution < 1.29 is 4.79 Å². The number of fused-ring (bicyclic) bond motifs is 2. The van der Waals surface area contributed by atoms with Crippen molar-refractivity contribution >= 4 is 11.6 Å². The molecule has 1 aliphatic heterocycles. The van der Waals surface area contributed by atoms with Crippen LogP contribution in [0.2, 0.25) is 0 Å². The summed E-state index contributed by atoms with van der Waals surface area (Å²) in [6.45, 7) is 4.84. The summed E-state index contributed by atoms with van der Waals surface area (Å²) in [7, 11) is 1.73. The topological polar surface area (TPSA) is 72.5 Å². The van der Waals surface area contributed by atoms with E-state index >= 15 is 0 Å². The maximum Gasteiger partial charge on any atom is 0.274 e. The maximum absolute atomic E-state index is 12.9. The van der Waals surface area contributed by atoms with Crippen molar-refractivity contribution in [3.8, 4) is 0 Å². The number of rotatable bonds is 1. The van der Waals surface area contributed by atoms with Crippen LogP contribution in [-0.4, -0.2) is 42.8 Å². The number of aromatic nitrogens is 4. The molecule has 0 atom stereocenters. The molecule has 4 heterocycles. The second kappa shape index (κ2) is 6.09. The molecule has 4 rings (SSSR count). The highest BCUT2D eigenvalue weighted by Crippen LogP contribution is 2.15. The molecular formula is C19H21N5O2. The fourth-order valence-corrected chi connectivity index (χ4v) is 3.49. The van der Waals surface area contributed by atoms with Crippen molar-refractivity contribution in [1.82, 2.24) is 23.8 Å². The molecule has 0 unspecified atom stereocenters. The number of hydrogen-bond acceptors (Lipinski definition) is 4. The third-order valence-electron chi connectivity index (χ3n) is 5.13. The first-order valence-electron chi connectivity index (χ1n) is 8.74. The summed E-state index contributed by atoms with van der Waals surface area (Å²) in [6, 6.07) is 3.91. The number of hydrogen-bond donors (Lipinski definition) is 0. The van der Waals surface area contributed by atoms with E-state index in [0.29, 0.717) is 37.4 Å². The molecule has 0 N–H and O–H groups in total. The van der Waals surface area contributed by atoms with E-state index in [-0.39, 0.29) is 11.5 Å². The summed E-state index contributed by atoms with van der Waals surface area (Å²) < 4.78 is 3.44. The first-order chi connectivity index (χ1) is 12.5. The van der Waals surface area contributed by atoms with Gasteiger partial charge < -0.3 is 9.30 Å². The van der Waals surface area contributed by atoms with E-state index in [0.717, 1.165) is 22.5 Å². The summed E-state index contributed by atoms with van der Waals surface area (Å²) in [5, 5.41) is 0. The quantitative estimate of drug-likeness (QED) is 0.662. The summed E-state index contributed by atoms with van der Waals surface area (Å²) in [5.41, 5.74) is 3.77. The van der Waals surface area contributed by atoms with E-state index in [4.69, 9.17) is 0 Å². The molecule has 7 nitrogen and oxygen atoms in total. The van der Waals surface area contributed by atoms with Crippen LogP contribution in [-0.2, 0) is 19.9 Å². The normalized spacial score (nSPS) is 14.3. The lowest BCUT2D eigenvalue weighted by Gasteiger charge is -2.18. The van der Waals surface area contributed by atoms with E-state index in [1.165, 1.54) is 0 Å². The second-order valence-corrected chi connectivity index (χ2v) is 6.79. The van der Waals surface area contributed by atoms with Gasteiger partial charge >= 0.3 is 0 Å². The summed E-state index contributed by atoms with van der Waals surface area (Å²) in [4.78, 5) is 36.3. The van der Waals surface area contributed by atoms with Gasteiger partial charge in [-0.2, -0.15) is 0 Å².